The predicted molar refractivity (Wildman–Crippen MR) is 67.3 cm³/mol. The Morgan fingerprint density at radius 3 is 2.33 bits per heavy atom. The quantitative estimate of drug-likeness (QED) is 0.829. The van der Waals surface area contributed by atoms with Gasteiger partial charge in [0.2, 0.25) is 5.91 Å². The number of benzene rings is 1. The first-order valence-electron chi connectivity index (χ1n) is 5.82. The fourth-order valence-corrected chi connectivity index (χ4v) is 1.76. The fourth-order valence-electron chi connectivity index (χ4n) is 1.76. The molecule has 0 aliphatic heterocycles. The number of aliphatic carboxylic acids is 1. The van der Waals surface area contributed by atoms with Crippen molar-refractivity contribution in [3.63, 3.8) is 0 Å². The Morgan fingerprint density at radius 2 is 1.89 bits per heavy atom. The molecule has 96 valence electrons. The van der Waals surface area contributed by atoms with E-state index >= 15 is 0 Å². The second kappa shape index (κ2) is 4.42. The van der Waals surface area contributed by atoms with Crippen LogP contribution in [0.3, 0.4) is 0 Å². The van der Waals surface area contributed by atoms with Gasteiger partial charge in [0.05, 0.1) is 5.54 Å². The summed E-state index contributed by atoms with van der Waals surface area (Å²) in [7, 11) is 0. The van der Waals surface area contributed by atoms with E-state index in [1.54, 1.807) is 12.1 Å². The third-order valence-corrected chi connectivity index (χ3v) is 3.10. The van der Waals surface area contributed by atoms with Crippen molar-refractivity contribution in [2.45, 2.75) is 25.3 Å². The second-order valence-corrected chi connectivity index (χ2v) is 4.78. The first-order valence-corrected chi connectivity index (χ1v) is 5.82. The summed E-state index contributed by atoms with van der Waals surface area (Å²) in [4.78, 5) is 24.3. The van der Waals surface area contributed by atoms with Crippen molar-refractivity contribution >= 4 is 17.6 Å². The van der Waals surface area contributed by atoms with Crippen LogP contribution in [0.15, 0.2) is 24.3 Å². The number of carbonyl (C=O) groups excluding carboxylic acids is 1. The lowest BCUT2D eigenvalue weighted by Crippen LogP contribution is -2.47. The summed E-state index contributed by atoms with van der Waals surface area (Å²) in [5.74, 6) is -1.36. The third-order valence-electron chi connectivity index (χ3n) is 3.10. The normalized spacial score (nSPS) is 16.1. The first kappa shape index (κ1) is 12.6. The van der Waals surface area contributed by atoms with Gasteiger partial charge in [-0.2, -0.15) is 0 Å². The lowest BCUT2D eigenvalue weighted by Gasteiger charge is -2.24. The van der Waals surface area contributed by atoms with Crippen molar-refractivity contribution in [2.24, 2.45) is 5.73 Å². The molecule has 3 N–H and O–H groups in total. The van der Waals surface area contributed by atoms with Crippen molar-refractivity contribution in [1.29, 1.82) is 0 Å². The number of aryl methyl sites for hydroxylation is 1. The van der Waals surface area contributed by atoms with E-state index in [1.165, 1.54) is 4.90 Å². The van der Waals surface area contributed by atoms with Gasteiger partial charge in [-0.15, -0.1) is 0 Å². The van der Waals surface area contributed by atoms with Crippen molar-refractivity contribution < 1.29 is 14.7 Å². The van der Waals surface area contributed by atoms with E-state index < -0.39 is 11.5 Å². The number of carbonyl (C=O) groups is 2. The Hall–Kier alpha value is -1.88. The lowest BCUT2D eigenvalue weighted by molar-refractivity contribution is -0.136. The average Bonchev–Trinajstić information content (AvgIpc) is 3.06. The number of hydrogen-bond acceptors (Lipinski definition) is 3. The van der Waals surface area contributed by atoms with Crippen LogP contribution < -0.4 is 10.6 Å². The summed E-state index contributed by atoms with van der Waals surface area (Å²) in [6.07, 6.45) is 1.24. The molecule has 1 aliphatic carbocycles. The van der Waals surface area contributed by atoms with Gasteiger partial charge in [-0.25, -0.2) is 0 Å². The van der Waals surface area contributed by atoms with E-state index in [-0.39, 0.29) is 12.5 Å². The summed E-state index contributed by atoms with van der Waals surface area (Å²) in [5, 5.41) is 8.90. The molecule has 1 fully saturated rings. The van der Waals surface area contributed by atoms with Crippen LogP contribution in [-0.4, -0.2) is 29.1 Å². The molecule has 2 rings (SSSR count). The zero-order chi connectivity index (χ0) is 13.3. The van der Waals surface area contributed by atoms with Gasteiger partial charge < -0.3 is 10.8 Å². The molecule has 5 heteroatoms. The van der Waals surface area contributed by atoms with Crippen molar-refractivity contribution in [3.8, 4) is 0 Å². The number of nitrogens with zero attached hydrogens (tertiary/aromatic N) is 1. The van der Waals surface area contributed by atoms with Crippen LogP contribution in [0.25, 0.3) is 0 Å². The highest BCUT2D eigenvalue weighted by Crippen LogP contribution is 2.35. The molecule has 0 aromatic heterocycles. The average molecular weight is 248 g/mol. The minimum atomic E-state index is -1.05. The summed E-state index contributed by atoms with van der Waals surface area (Å²) < 4.78 is 0. The topological polar surface area (TPSA) is 83.6 Å². The minimum Gasteiger partial charge on any atom is -0.480 e. The van der Waals surface area contributed by atoms with E-state index in [4.69, 9.17) is 10.8 Å². The van der Waals surface area contributed by atoms with E-state index in [1.807, 2.05) is 19.1 Å². The molecule has 1 aromatic rings. The number of anilines is 1. The van der Waals surface area contributed by atoms with Crippen LogP contribution in [0.4, 0.5) is 5.69 Å². The molecule has 1 saturated carbocycles. The minimum absolute atomic E-state index is 0.311. The molecule has 5 nitrogen and oxygen atoms in total. The maximum absolute atomic E-state index is 12.2. The van der Waals surface area contributed by atoms with Gasteiger partial charge in [-0.05, 0) is 31.9 Å². The smallest absolute Gasteiger partial charge is 0.323 e. The number of amides is 1. The molecule has 0 radical (unpaired) electrons. The van der Waals surface area contributed by atoms with Crippen LogP contribution in [0.2, 0.25) is 0 Å². The van der Waals surface area contributed by atoms with Gasteiger partial charge in [-0.1, -0.05) is 17.7 Å². The Balaban J connectivity index is 2.27. The van der Waals surface area contributed by atoms with Crippen LogP contribution in [0, 0.1) is 6.92 Å². The van der Waals surface area contributed by atoms with E-state index in [0.29, 0.717) is 18.5 Å². The molecular weight excluding hydrogens is 232 g/mol. The number of hydrogen-bond donors (Lipinski definition) is 2. The van der Waals surface area contributed by atoms with E-state index in [2.05, 4.69) is 0 Å². The molecule has 0 unspecified atom stereocenters. The highest BCUT2D eigenvalue weighted by Gasteiger charge is 2.48. The van der Waals surface area contributed by atoms with E-state index in [9.17, 15) is 9.59 Å². The SMILES string of the molecule is Cc1ccc(N(CC(=O)O)C(=O)C2(N)CC2)cc1. The van der Waals surface area contributed by atoms with Gasteiger partial charge >= 0.3 is 5.97 Å². The van der Waals surface area contributed by atoms with Gasteiger partial charge in [0, 0.05) is 5.69 Å². The van der Waals surface area contributed by atoms with Crippen LogP contribution >= 0.6 is 0 Å². The highest BCUT2D eigenvalue weighted by molar-refractivity contribution is 6.04. The van der Waals surface area contributed by atoms with Gasteiger partial charge in [0.25, 0.3) is 0 Å². The van der Waals surface area contributed by atoms with Crippen LogP contribution in [0.5, 0.6) is 0 Å². The summed E-state index contributed by atoms with van der Waals surface area (Å²) in [6.45, 7) is 1.57. The number of nitrogens with two attached hydrogens (primary N) is 1. The zero-order valence-corrected chi connectivity index (χ0v) is 10.2. The Kier molecular flexibility index (Phi) is 3.09. The Labute approximate surface area is 105 Å². The van der Waals surface area contributed by atoms with Crippen LogP contribution in [0.1, 0.15) is 18.4 Å². The largest absolute Gasteiger partial charge is 0.480 e. The fraction of sp³-hybridized carbons (Fsp3) is 0.385. The third kappa shape index (κ3) is 2.51. The zero-order valence-electron chi connectivity index (χ0n) is 10.2. The first-order chi connectivity index (χ1) is 8.42. The maximum Gasteiger partial charge on any atom is 0.323 e. The molecule has 0 heterocycles. The predicted octanol–water partition coefficient (Wildman–Crippen LogP) is 0.904. The molecule has 0 atom stereocenters. The highest BCUT2D eigenvalue weighted by atomic mass is 16.4. The molecule has 0 saturated heterocycles. The lowest BCUT2D eigenvalue weighted by atomic mass is 10.1. The van der Waals surface area contributed by atoms with Gasteiger partial charge in [0.15, 0.2) is 0 Å². The number of rotatable bonds is 4. The summed E-state index contributed by atoms with van der Waals surface area (Å²) >= 11 is 0. The summed E-state index contributed by atoms with van der Waals surface area (Å²) in [6, 6.07) is 7.16. The van der Waals surface area contributed by atoms with Crippen LogP contribution in [-0.2, 0) is 9.59 Å². The number of carboxylic acid groups (broad SMARTS) is 1. The molecular formula is C13H16N2O3. The van der Waals surface area contributed by atoms with Gasteiger partial charge in [-0.3, -0.25) is 14.5 Å². The van der Waals surface area contributed by atoms with Crippen molar-refractivity contribution in [1.82, 2.24) is 0 Å². The molecule has 18 heavy (non-hydrogen) atoms. The molecule has 0 bridgehead atoms. The van der Waals surface area contributed by atoms with Crippen molar-refractivity contribution in [3.05, 3.63) is 29.8 Å². The van der Waals surface area contributed by atoms with E-state index in [0.717, 1.165) is 5.56 Å². The molecule has 1 aliphatic rings. The standard InChI is InChI=1S/C13H16N2O3/c1-9-2-4-10(5-3-9)15(8-11(16)17)12(18)13(14)6-7-13/h2-5H,6-8,14H2,1H3,(H,16,17). The number of carboxylic acids is 1. The monoisotopic (exact) mass is 248 g/mol. The van der Waals surface area contributed by atoms with Crippen molar-refractivity contribution in [2.75, 3.05) is 11.4 Å². The molecule has 1 amide bonds. The molecule has 0 spiro atoms. The second-order valence-electron chi connectivity index (χ2n) is 4.78. The Bertz CT molecular complexity index is 478. The van der Waals surface area contributed by atoms with Gasteiger partial charge in [0.1, 0.15) is 6.54 Å². The summed E-state index contributed by atoms with van der Waals surface area (Å²) in [5.41, 5.74) is 6.61. The molecule has 1 aromatic carbocycles. The maximum atomic E-state index is 12.2. The Morgan fingerprint density at radius 1 is 1.33 bits per heavy atom.